The minimum atomic E-state index is -0.440. The molecule has 0 atom stereocenters. The van der Waals surface area contributed by atoms with Crippen molar-refractivity contribution in [2.75, 3.05) is 6.61 Å². The summed E-state index contributed by atoms with van der Waals surface area (Å²) in [6, 6.07) is 0.161. The van der Waals surface area contributed by atoms with E-state index in [0.29, 0.717) is 13.0 Å². The molecule has 1 aromatic heterocycles. The van der Waals surface area contributed by atoms with Crippen LogP contribution in [0.3, 0.4) is 0 Å². The standard InChI is InChI=1S/C9H9FN2O/c1-3-4-5-13-9-11-6-8(10)7(2)12-9/h1,6H,4-5H2,2H3. The van der Waals surface area contributed by atoms with Gasteiger partial charge >= 0.3 is 6.01 Å². The van der Waals surface area contributed by atoms with Gasteiger partial charge in [0.25, 0.3) is 0 Å². The number of halogens is 1. The Morgan fingerprint density at radius 3 is 3.08 bits per heavy atom. The number of aromatic nitrogens is 2. The van der Waals surface area contributed by atoms with Crippen molar-refractivity contribution >= 4 is 0 Å². The van der Waals surface area contributed by atoms with Gasteiger partial charge in [-0.1, -0.05) is 0 Å². The maximum absolute atomic E-state index is 12.7. The van der Waals surface area contributed by atoms with Crippen molar-refractivity contribution in [3.05, 3.63) is 17.7 Å². The lowest BCUT2D eigenvalue weighted by Gasteiger charge is -2.02. The SMILES string of the molecule is C#CCCOc1ncc(F)c(C)n1. The van der Waals surface area contributed by atoms with Crippen molar-refractivity contribution in [2.45, 2.75) is 13.3 Å². The van der Waals surface area contributed by atoms with Crippen LogP contribution < -0.4 is 4.74 Å². The van der Waals surface area contributed by atoms with E-state index in [1.807, 2.05) is 0 Å². The molecule has 0 amide bonds. The largest absolute Gasteiger partial charge is 0.462 e. The number of terminal acetylenes is 1. The number of ether oxygens (including phenoxy) is 1. The summed E-state index contributed by atoms with van der Waals surface area (Å²) >= 11 is 0. The summed E-state index contributed by atoms with van der Waals surface area (Å²) in [5, 5.41) is 0. The highest BCUT2D eigenvalue weighted by molar-refractivity contribution is 5.05. The first kappa shape index (κ1) is 9.46. The molecule has 0 spiro atoms. The first-order chi connectivity index (χ1) is 6.24. The second-order valence-electron chi connectivity index (χ2n) is 2.39. The summed E-state index contributed by atoms with van der Waals surface area (Å²) in [5.41, 5.74) is 0.269. The molecule has 68 valence electrons. The van der Waals surface area contributed by atoms with Gasteiger partial charge in [-0.2, -0.15) is 4.98 Å². The molecule has 0 aliphatic carbocycles. The van der Waals surface area contributed by atoms with Gasteiger partial charge in [0.1, 0.15) is 6.61 Å². The zero-order valence-corrected chi connectivity index (χ0v) is 7.25. The van der Waals surface area contributed by atoms with Crippen LogP contribution in [0.25, 0.3) is 0 Å². The van der Waals surface area contributed by atoms with E-state index in [0.717, 1.165) is 6.20 Å². The number of nitrogens with zero attached hydrogens (tertiary/aromatic N) is 2. The Labute approximate surface area is 76.0 Å². The molecule has 0 bridgehead atoms. The van der Waals surface area contributed by atoms with Gasteiger partial charge in [-0.3, -0.25) is 0 Å². The lowest BCUT2D eigenvalue weighted by Crippen LogP contribution is -2.02. The summed E-state index contributed by atoms with van der Waals surface area (Å²) in [6.07, 6.45) is 6.58. The van der Waals surface area contributed by atoms with Gasteiger partial charge in [-0.15, -0.1) is 12.3 Å². The van der Waals surface area contributed by atoms with Gasteiger partial charge in [0.05, 0.1) is 11.9 Å². The molecule has 0 aromatic carbocycles. The Kier molecular flexibility index (Phi) is 3.21. The highest BCUT2D eigenvalue weighted by Gasteiger charge is 2.01. The van der Waals surface area contributed by atoms with Crippen molar-refractivity contribution in [3.8, 4) is 18.4 Å². The lowest BCUT2D eigenvalue weighted by atomic mass is 10.4. The second kappa shape index (κ2) is 4.41. The summed E-state index contributed by atoms with van der Waals surface area (Å²) in [5.74, 6) is 1.97. The van der Waals surface area contributed by atoms with Crippen LogP contribution >= 0.6 is 0 Å². The van der Waals surface area contributed by atoms with E-state index >= 15 is 0 Å². The van der Waals surface area contributed by atoms with Crippen molar-refractivity contribution < 1.29 is 9.13 Å². The Hall–Kier alpha value is -1.63. The van der Waals surface area contributed by atoms with Gasteiger partial charge in [0.2, 0.25) is 0 Å². The molecule has 1 rings (SSSR count). The van der Waals surface area contributed by atoms with Gasteiger partial charge in [-0.05, 0) is 6.92 Å². The molecular weight excluding hydrogens is 171 g/mol. The third-order valence-electron chi connectivity index (χ3n) is 1.37. The third kappa shape index (κ3) is 2.71. The summed E-state index contributed by atoms with van der Waals surface area (Å²) in [4.78, 5) is 7.40. The Morgan fingerprint density at radius 2 is 2.46 bits per heavy atom. The summed E-state index contributed by atoms with van der Waals surface area (Å²) in [7, 11) is 0. The maximum Gasteiger partial charge on any atom is 0.316 e. The summed E-state index contributed by atoms with van der Waals surface area (Å²) < 4.78 is 17.7. The maximum atomic E-state index is 12.7. The average Bonchev–Trinajstić information content (AvgIpc) is 2.12. The van der Waals surface area contributed by atoms with Gasteiger partial charge in [-0.25, -0.2) is 9.37 Å². The molecule has 3 nitrogen and oxygen atoms in total. The van der Waals surface area contributed by atoms with E-state index in [9.17, 15) is 4.39 Å². The van der Waals surface area contributed by atoms with Gasteiger partial charge < -0.3 is 4.74 Å². The van der Waals surface area contributed by atoms with Crippen LogP contribution in [0, 0.1) is 25.1 Å². The molecule has 0 saturated carbocycles. The molecule has 4 heteroatoms. The minimum Gasteiger partial charge on any atom is -0.462 e. The minimum absolute atomic E-state index is 0.161. The van der Waals surface area contributed by atoms with Crippen molar-refractivity contribution in [3.63, 3.8) is 0 Å². The van der Waals surface area contributed by atoms with Crippen LogP contribution in [-0.4, -0.2) is 16.6 Å². The first-order valence-corrected chi connectivity index (χ1v) is 3.79. The molecule has 0 aliphatic rings. The van der Waals surface area contributed by atoms with E-state index in [1.165, 1.54) is 0 Å². The molecule has 1 heterocycles. The first-order valence-electron chi connectivity index (χ1n) is 3.79. The molecule has 0 unspecified atom stereocenters. The quantitative estimate of drug-likeness (QED) is 0.520. The molecule has 0 fully saturated rings. The predicted molar refractivity (Wildman–Crippen MR) is 45.7 cm³/mol. The van der Waals surface area contributed by atoms with Gasteiger partial charge in [0.15, 0.2) is 5.82 Å². The molecule has 1 aromatic rings. The van der Waals surface area contributed by atoms with Crippen LogP contribution in [0.4, 0.5) is 4.39 Å². The van der Waals surface area contributed by atoms with Crippen LogP contribution in [0.5, 0.6) is 6.01 Å². The summed E-state index contributed by atoms with van der Waals surface area (Å²) in [6.45, 7) is 1.90. The van der Waals surface area contributed by atoms with Crippen LogP contribution in [0.1, 0.15) is 12.1 Å². The van der Waals surface area contributed by atoms with Crippen molar-refractivity contribution in [1.29, 1.82) is 0 Å². The Bertz CT molecular complexity index is 333. The molecule has 0 saturated heterocycles. The van der Waals surface area contributed by atoms with Crippen LogP contribution in [0.15, 0.2) is 6.20 Å². The number of aryl methyl sites for hydroxylation is 1. The molecule has 0 radical (unpaired) electrons. The van der Waals surface area contributed by atoms with E-state index in [1.54, 1.807) is 6.92 Å². The molecule has 0 N–H and O–H groups in total. The number of hydrogen-bond donors (Lipinski definition) is 0. The lowest BCUT2D eigenvalue weighted by molar-refractivity contribution is 0.298. The van der Waals surface area contributed by atoms with E-state index < -0.39 is 5.82 Å². The fraction of sp³-hybridized carbons (Fsp3) is 0.333. The van der Waals surface area contributed by atoms with E-state index in [2.05, 4.69) is 15.9 Å². The number of rotatable bonds is 3. The molecular formula is C9H9FN2O. The zero-order chi connectivity index (χ0) is 9.68. The topological polar surface area (TPSA) is 35.0 Å². The second-order valence-corrected chi connectivity index (χ2v) is 2.39. The highest BCUT2D eigenvalue weighted by Crippen LogP contribution is 2.06. The fourth-order valence-electron chi connectivity index (χ4n) is 0.702. The Morgan fingerprint density at radius 1 is 1.69 bits per heavy atom. The van der Waals surface area contributed by atoms with Crippen molar-refractivity contribution in [2.24, 2.45) is 0 Å². The average molecular weight is 180 g/mol. The highest BCUT2D eigenvalue weighted by atomic mass is 19.1. The fourth-order valence-corrected chi connectivity index (χ4v) is 0.702. The van der Waals surface area contributed by atoms with Crippen LogP contribution in [0.2, 0.25) is 0 Å². The van der Waals surface area contributed by atoms with Crippen LogP contribution in [-0.2, 0) is 0 Å². The normalized spacial score (nSPS) is 9.31. The van der Waals surface area contributed by atoms with Gasteiger partial charge in [0, 0.05) is 6.42 Å². The van der Waals surface area contributed by atoms with E-state index in [-0.39, 0.29) is 11.7 Å². The smallest absolute Gasteiger partial charge is 0.316 e. The third-order valence-corrected chi connectivity index (χ3v) is 1.37. The van der Waals surface area contributed by atoms with Crippen molar-refractivity contribution in [1.82, 2.24) is 9.97 Å². The van der Waals surface area contributed by atoms with E-state index in [4.69, 9.17) is 11.2 Å². The molecule has 13 heavy (non-hydrogen) atoms. The number of hydrogen-bond acceptors (Lipinski definition) is 3. The Balaban J connectivity index is 2.59. The monoisotopic (exact) mass is 180 g/mol. The predicted octanol–water partition coefficient (Wildman–Crippen LogP) is 1.33. The zero-order valence-electron chi connectivity index (χ0n) is 7.25. The molecule has 0 aliphatic heterocycles.